The fraction of sp³-hybridized carbons (Fsp3) is 0.647. The Bertz CT molecular complexity index is 649. The molecule has 0 amide bonds. The summed E-state index contributed by atoms with van der Waals surface area (Å²) in [4.78, 5) is 4.50. The predicted molar refractivity (Wildman–Crippen MR) is 90.4 cm³/mol. The molecule has 0 saturated heterocycles. The normalized spacial score (nSPS) is 15.7. The zero-order valence-electron chi connectivity index (χ0n) is 14.9. The van der Waals surface area contributed by atoms with Gasteiger partial charge in [0, 0.05) is 26.2 Å². The lowest BCUT2D eigenvalue weighted by Crippen LogP contribution is -2.23. The van der Waals surface area contributed by atoms with Crippen LogP contribution in [-0.2, 0) is 31.0 Å². The number of hydrogen-bond donors (Lipinski definition) is 0. The van der Waals surface area contributed by atoms with E-state index >= 15 is 0 Å². The van der Waals surface area contributed by atoms with Crippen LogP contribution in [0.1, 0.15) is 29.3 Å². The van der Waals surface area contributed by atoms with Crippen molar-refractivity contribution in [3.05, 3.63) is 35.0 Å². The van der Waals surface area contributed by atoms with Gasteiger partial charge in [-0.2, -0.15) is 0 Å². The number of rotatable bonds is 7. The van der Waals surface area contributed by atoms with E-state index in [0.29, 0.717) is 13.2 Å². The van der Waals surface area contributed by atoms with E-state index in [1.165, 1.54) is 5.69 Å². The molecule has 0 bridgehead atoms. The molecule has 3 rings (SSSR count). The lowest BCUT2D eigenvalue weighted by atomic mass is 10.3. The number of fused-ring (bicyclic) bond motifs is 1. The molecule has 1 aliphatic rings. The van der Waals surface area contributed by atoms with Crippen molar-refractivity contribution in [3.8, 4) is 0 Å². The molecule has 24 heavy (non-hydrogen) atoms. The average Bonchev–Trinajstić information content (AvgIpc) is 3.04. The van der Waals surface area contributed by atoms with Crippen LogP contribution in [0.4, 0.5) is 0 Å². The summed E-state index contributed by atoms with van der Waals surface area (Å²) in [5.74, 6) is 1.97. The van der Waals surface area contributed by atoms with E-state index in [1.807, 2.05) is 31.8 Å². The van der Waals surface area contributed by atoms with Crippen molar-refractivity contribution in [2.24, 2.45) is 0 Å². The van der Waals surface area contributed by atoms with Crippen LogP contribution in [0, 0.1) is 6.92 Å². The van der Waals surface area contributed by atoms with E-state index in [0.717, 1.165) is 56.4 Å². The van der Waals surface area contributed by atoms with E-state index in [1.54, 1.807) is 0 Å². The molecule has 0 fully saturated rings. The van der Waals surface area contributed by atoms with Crippen molar-refractivity contribution in [2.75, 3.05) is 33.8 Å². The van der Waals surface area contributed by atoms with Gasteiger partial charge in [-0.05, 0) is 39.6 Å². The molecule has 2 aromatic rings. The highest BCUT2D eigenvalue weighted by atomic mass is 16.5. The molecule has 7 heteroatoms. The fourth-order valence-corrected chi connectivity index (χ4v) is 2.91. The largest absolute Gasteiger partial charge is 0.465 e. The van der Waals surface area contributed by atoms with Gasteiger partial charge in [-0.1, -0.05) is 5.21 Å². The van der Waals surface area contributed by atoms with Crippen LogP contribution in [0.5, 0.6) is 0 Å². The lowest BCUT2D eigenvalue weighted by molar-refractivity contribution is 0.102. The Hall–Kier alpha value is -1.70. The van der Waals surface area contributed by atoms with Crippen LogP contribution in [0.3, 0.4) is 0 Å². The highest BCUT2D eigenvalue weighted by molar-refractivity contribution is 5.11. The summed E-state index contributed by atoms with van der Waals surface area (Å²) in [7, 11) is 4.09. The van der Waals surface area contributed by atoms with Crippen LogP contribution >= 0.6 is 0 Å². The van der Waals surface area contributed by atoms with Crippen molar-refractivity contribution in [3.63, 3.8) is 0 Å². The number of hydrogen-bond acceptors (Lipinski definition) is 6. The maximum atomic E-state index is 5.76. The summed E-state index contributed by atoms with van der Waals surface area (Å²) >= 11 is 0. The molecule has 0 aromatic carbocycles. The molecule has 0 saturated carbocycles. The van der Waals surface area contributed by atoms with Crippen LogP contribution in [-0.4, -0.2) is 58.6 Å². The molecule has 3 heterocycles. The van der Waals surface area contributed by atoms with Gasteiger partial charge in [0.25, 0.3) is 0 Å². The molecular weight excluding hydrogens is 306 g/mol. The lowest BCUT2D eigenvalue weighted by Gasteiger charge is -2.18. The summed E-state index contributed by atoms with van der Waals surface area (Å²) < 4.78 is 13.5. The molecule has 0 radical (unpaired) electrons. The van der Waals surface area contributed by atoms with E-state index in [4.69, 9.17) is 9.15 Å². The third kappa shape index (κ3) is 4.43. The quantitative estimate of drug-likeness (QED) is 0.718. The molecule has 0 unspecified atom stereocenters. The van der Waals surface area contributed by atoms with Gasteiger partial charge in [-0.15, -0.1) is 5.10 Å². The Labute approximate surface area is 143 Å². The van der Waals surface area contributed by atoms with Crippen molar-refractivity contribution < 1.29 is 9.15 Å². The van der Waals surface area contributed by atoms with Gasteiger partial charge >= 0.3 is 0 Å². The van der Waals surface area contributed by atoms with E-state index in [9.17, 15) is 0 Å². The van der Waals surface area contributed by atoms with Gasteiger partial charge in [-0.3, -0.25) is 4.90 Å². The van der Waals surface area contributed by atoms with Gasteiger partial charge < -0.3 is 14.1 Å². The number of ether oxygens (including phenoxy) is 1. The highest BCUT2D eigenvalue weighted by Gasteiger charge is 2.21. The minimum absolute atomic E-state index is 0.525. The molecular formula is C17H27N5O2. The Morgan fingerprint density at radius 2 is 2.17 bits per heavy atom. The monoisotopic (exact) mass is 333 g/mol. The van der Waals surface area contributed by atoms with Gasteiger partial charge in [0.2, 0.25) is 0 Å². The van der Waals surface area contributed by atoms with Crippen molar-refractivity contribution >= 4 is 0 Å². The molecule has 2 aromatic heterocycles. The zero-order chi connectivity index (χ0) is 16.9. The molecule has 132 valence electrons. The summed E-state index contributed by atoms with van der Waals surface area (Å²) in [5, 5.41) is 8.63. The van der Waals surface area contributed by atoms with Gasteiger partial charge in [0.15, 0.2) is 0 Å². The van der Waals surface area contributed by atoms with E-state index in [2.05, 4.69) is 26.2 Å². The number of nitrogens with zero attached hydrogens (tertiary/aromatic N) is 5. The Balaban J connectivity index is 1.61. The second-order valence-corrected chi connectivity index (χ2v) is 6.64. The summed E-state index contributed by atoms with van der Waals surface area (Å²) in [6.07, 6.45) is 1.07. The minimum Gasteiger partial charge on any atom is -0.465 e. The van der Waals surface area contributed by atoms with Gasteiger partial charge in [0.1, 0.15) is 17.2 Å². The van der Waals surface area contributed by atoms with Gasteiger partial charge in [-0.25, -0.2) is 4.68 Å². The highest BCUT2D eigenvalue weighted by Crippen LogP contribution is 2.18. The first-order valence-corrected chi connectivity index (χ1v) is 8.53. The maximum Gasteiger partial charge on any atom is 0.118 e. The van der Waals surface area contributed by atoms with Crippen LogP contribution in [0.2, 0.25) is 0 Å². The predicted octanol–water partition coefficient (Wildman–Crippen LogP) is 1.66. The third-order valence-electron chi connectivity index (χ3n) is 4.23. The second kappa shape index (κ2) is 7.92. The Morgan fingerprint density at radius 3 is 2.92 bits per heavy atom. The standard InChI is InChI=1S/C17H27N5O2/c1-14-5-6-15(24-14)11-21-7-4-8-22-17(12-21)16(18-19-22)13-23-10-9-20(2)3/h5-6H,4,7-13H2,1-3H3. The number of aromatic nitrogens is 3. The molecule has 0 atom stereocenters. The van der Waals surface area contributed by atoms with Crippen molar-refractivity contribution in [1.29, 1.82) is 0 Å². The topological polar surface area (TPSA) is 59.6 Å². The van der Waals surface area contributed by atoms with Crippen molar-refractivity contribution in [2.45, 2.75) is 39.6 Å². The number of furan rings is 1. The molecule has 1 aliphatic heterocycles. The van der Waals surface area contributed by atoms with E-state index in [-0.39, 0.29) is 0 Å². The first-order valence-electron chi connectivity index (χ1n) is 8.53. The molecule has 0 N–H and O–H groups in total. The summed E-state index contributed by atoms with van der Waals surface area (Å²) in [6.45, 7) is 7.71. The SMILES string of the molecule is Cc1ccc(CN2CCCn3nnc(COCCN(C)C)c3C2)o1. The summed E-state index contributed by atoms with van der Waals surface area (Å²) in [6, 6.07) is 4.07. The molecule has 0 spiro atoms. The smallest absolute Gasteiger partial charge is 0.118 e. The number of likely N-dealkylation sites (N-methyl/N-ethyl adjacent to an activating group) is 1. The first kappa shape index (κ1) is 17.1. The minimum atomic E-state index is 0.525. The molecule has 7 nitrogen and oxygen atoms in total. The van der Waals surface area contributed by atoms with Crippen LogP contribution < -0.4 is 0 Å². The van der Waals surface area contributed by atoms with Crippen LogP contribution in [0.15, 0.2) is 16.5 Å². The maximum absolute atomic E-state index is 5.76. The van der Waals surface area contributed by atoms with Crippen molar-refractivity contribution in [1.82, 2.24) is 24.8 Å². The van der Waals surface area contributed by atoms with Crippen LogP contribution in [0.25, 0.3) is 0 Å². The average molecular weight is 333 g/mol. The zero-order valence-corrected chi connectivity index (χ0v) is 14.9. The second-order valence-electron chi connectivity index (χ2n) is 6.64. The van der Waals surface area contributed by atoms with Gasteiger partial charge in [0.05, 0.1) is 25.5 Å². The third-order valence-corrected chi connectivity index (χ3v) is 4.23. The molecule has 0 aliphatic carbocycles. The summed E-state index contributed by atoms with van der Waals surface area (Å²) in [5.41, 5.74) is 2.12. The Morgan fingerprint density at radius 1 is 1.29 bits per heavy atom. The number of aryl methyl sites for hydroxylation is 2. The first-order chi connectivity index (χ1) is 11.6. The van der Waals surface area contributed by atoms with E-state index < -0.39 is 0 Å². The fourth-order valence-electron chi connectivity index (χ4n) is 2.91. The Kier molecular flexibility index (Phi) is 5.65.